The Balaban J connectivity index is 1.30. The predicted octanol–water partition coefficient (Wildman–Crippen LogP) is 7.77. The van der Waals surface area contributed by atoms with Crippen LogP contribution < -0.4 is 5.32 Å². The molecule has 0 aromatic carbocycles. The van der Waals surface area contributed by atoms with Gasteiger partial charge in [0.2, 0.25) is 0 Å². The topological polar surface area (TPSA) is 63.2 Å². The van der Waals surface area contributed by atoms with E-state index in [0.29, 0.717) is 34.5 Å². The van der Waals surface area contributed by atoms with E-state index in [4.69, 9.17) is 14.2 Å². The molecule has 4 saturated carbocycles. The molecule has 1 heterocycles. The fraction of sp³-hybridized carbons (Fsp3) is 1.00. The van der Waals surface area contributed by atoms with Gasteiger partial charge in [0.05, 0.1) is 31.0 Å². The van der Waals surface area contributed by atoms with Crippen LogP contribution in [-0.4, -0.2) is 81.0 Å². The number of nitrogens with one attached hydrogen (secondary N) is 1. The second-order valence-corrected chi connectivity index (χ2v) is 18.1. The lowest BCUT2D eigenvalue weighted by molar-refractivity contribution is -0.239. The van der Waals surface area contributed by atoms with Gasteiger partial charge in [0.25, 0.3) is 0 Å². The van der Waals surface area contributed by atoms with Crippen LogP contribution in [0.1, 0.15) is 126 Å². The third kappa shape index (κ3) is 8.04. The summed E-state index contributed by atoms with van der Waals surface area (Å²) in [6.07, 6.45) is 15.1. The predicted molar refractivity (Wildman–Crippen MR) is 189 cm³/mol. The Morgan fingerprint density at radius 1 is 0.935 bits per heavy atom. The first-order chi connectivity index (χ1) is 21.9. The van der Waals surface area contributed by atoms with Crippen molar-refractivity contribution in [3.05, 3.63) is 0 Å². The lowest BCUT2D eigenvalue weighted by Gasteiger charge is -2.61. The summed E-state index contributed by atoms with van der Waals surface area (Å²) in [5.41, 5.74) is 0.738. The van der Waals surface area contributed by atoms with Gasteiger partial charge in [-0.1, -0.05) is 47.5 Å². The van der Waals surface area contributed by atoms with Gasteiger partial charge in [-0.25, -0.2) is 0 Å². The highest BCUT2D eigenvalue weighted by Gasteiger charge is 2.63. The van der Waals surface area contributed by atoms with Crippen molar-refractivity contribution in [1.82, 2.24) is 10.2 Å². The van der Waals surface area contributed by atoms with Crippen LogP contribution in [0, 0.1) is 58.2 Å². The minimum Gasteiger partial charge on any atom is -0.393 e. The molecule has 5 rings (SSSR count). The van der Waals surface area contributed by atoms with Crippen molar-refractivity contribution in [1.29, 1.82) is 0 Å². The standard InChI is InChI=1S/C40H74N2O4/c1-26(2)45-35-23-37(44-25-29(35)5)46-36-22-34-32-14-13-30-21-31(43)15-17-39(30,6)33(32)16-18-40(34,7)38(36)28(4)12-10-11-27(3)24-42(9)20-19-41-8/h26-38,41,43H,10-25H2,1-9H3. The Morgan fingerprint density at radius 2 is 1.70 bits per heavy atom. The molecule has 0 bridgehead atoms. The number of likely N-dealkylation sites (N-methyl/N-ethyl adjacent to an activating group) is 2. The van der Waals surface area contributed by atoms with Gasteiger partial charge in [-0.3, -0.25) is 0 Å². The van der Waals surface area contributed by atoms with Crippen LogP contribution in [0.25, 0.3) is 0 Å². The SMILES string of the molecule is CNCCN(C)CC(C)CCCC(C)C1C(OC2CC(OC(C)C)C(C)CO2)CC2C3CCC4CC(O)CCC4(C)C3CCC21C. The normalized spacial score (nSPS) is 44.1. The minimum absolute atomic E-state index is 0.0730. The minimum atomic E-state index is -0.152. The first-order valence-electron chi connectivity index (χ1n) is 19.8. The number of hydrogen-bond donors (Lipinski definition) is 2. The molecule has 14 atom stereocenters. The van der Waals surface area contributed by atoms with Crippen molar-refractivity contribution in [2.75, 3.05) is 40.3 Å². The van der Waals surface area contributed by atoms with Gasteiger partial charge in [-0.2, -0.15) is 0 Å². The van der Waals surface area contributed by atoms with Crippen LogP contribution in [0.5, 0.6) is 0 Å². The third-order valence-electron chi connectivity index (χ3n) is 14.4. The summed E-state index contributed by atoms with van der Waals surface area (Å²) in [5.74, 6) is 5.41. The average Bonchev–Trinajstić information content (AvgIpc) is 3.29. The Kier molecular flexibility index (Phi) is 12.7. The van der Waals surface area contributed by atoms with E-state index >= 15 is 0 Å². The number of ether oxygens (including phenoxy) is 3. The highest BCUT2D eigenvalue weighted by Crippen LogP contribution is 2.69. The average molecular weight is 647 g/mol. The molecule has 5 aliphatic rings. The van der Waals surface area contributed by atoms with Gasteiger partial charge in [-0.05, 0) is 138 Å². The first kappa shape index (κ1) is 37.0. The van der Waals surface area contributed by atoms with E-state index < -0.39 is 0 Å². The van der Waals surface area contributed by atoms with Gasteiger partial charge in [0.1, 0.15) is 0 Å². The zero-order valence-electron chi connectivity index (χ0n) is 31.4. The highest BCUT2D eigenvalue weighted by atomic mass is 16.7. The van der Waals surface area contributed by atoms with E-state index in [9.17, 15) is 5.11 Å². The quantitative estimate of drug-likeness (QED) is 0.201. The molecule has 0 amide bonds. The summed E-state index contributed by atoms with van der Waals surface area (Å²) < 4.78 is 20.0. The largest absolute Gasteiger partial charge is 0.393 e. The van der Waals surface area contributed by atoms with Crippen LogP contribution in [0.3, 0.4) is 0 Å². The Bertz CT molecular complexity index is 948. The molecular weight excluding hydrogens is 572 g/mol. The van der Waals surface area contributed by atoms with Gasteiger partial charge in [0, 0.05) is 32.0 Å². The Hall–Kier alpha value is -0.240. The van der Waals surface area contributed by atoms with Crippen LogP contribution in [0.2, 0.25) is 0 Å². The number of rotatable bonds is 14. The van der Waals surface area contributed by atoms with Crippen molar-refractivity contribution in [3.8, 4) is 0 Å². The van der Waals surface area contributed by atoms with Crippen molar-refractivity contribution >= 4 is 0 Å². The summed E-state index contributed by atoms with van der Waals surface area (Å²) in [7, 11) is 4.31. The molecule has 2 N–H and O–H groups in total. The summed E-state index contributed by atoms with van der Waals surface area (Å²) in [6.45, 7) is 21.0. The molecule has 1 aliphatic heterocycles. The third-order valence-corrected chi connectivity index (χ3v) is 14.4. The zero-order valence-corrected chi connectivity index (χ0v) is 31.4. The van der Waals surface area contributed by atoms with Crippen LogP contribution in [0.15, 0.2) is 0 Å². The highest BCUT2D eigenvalue weighted by molar-refractivity contribution is 5.12. The number of nitrogens with zero attached hydrogens (tertiary/aromatic N) is 1. The number of aliphatic hydroxyl groups excluding tert-OH is 1. The lowest BCUT2D eigenvalue weighted by atomic mass is 9.44. The maximum atomic E-state index is 10.6. The van der Waals surface area contributed by atoms with Gasteiger partial charge in [0.15, 0.2) is 6.29 Å². The van der Waals surface area contributed by atoms with Gasteiger partial charge >= 0.3 is 0 Å². The Morgan fingerprint density at radius 3 is 2.43 bits per heavy atom. The molecule has 1 saturated heterocycles. The summed E-state index contributed by atoms with van der Waals surface area (Å²) in [4.78, 5) is 2.49. The van der Waals surface area contributed by atoms with E-state index in [2.05, 4.69) is 65.7 Å². The van der Waals surface area contributed by atoms with E-state index in [0.717, 1.165) is 62.6 Å². The zero-order chi connectivity index (χ0) is 33.2. The monoisotopic (exact) mass is 647 g/mol. The van der Waals surface area contributed by atoms with Crippen molar-refractivity contribution in [2.45, 2.75) is 156 Å². The van der Waals surface area contributed by atoms with E-state index in [1.54, 1.807) is 0 Å². The van der Waals surface area contributed by atoms with Crippen LogP contribution in [0.4, 0.5) is 0 Å². The van der Waals surface area contributed by atoms with Gasteiger partial charge < -0.3 is 29.5 Å². The van der Waals surface area contributed by atoms with E-state index in [1.807, 2.05) is 7.05 Å². The smallest absolute Gasteiger partial charge is 0.160 e. The van der Waals surface area contributed by atoms with Crippen molar-refractivity contribution in [3.63, 3.8) is 0 Å². The second-order valence-electron chi connectivity index (χ2n) is 18.1. The first-order valence-corrected chi connectivity index (χ1v) is 19.8. The van der Waals surface area contributed by atoms with E-state index in [-0.39, 0.29) is 30.7 Å². The molecule has 4 aliphatic carbocycles. The fourth-order valence-corrected chi connectivity index (χ4v) is 12.1. The molecule has 6 nitrogen and oxygen atoms in total. The maximum absolute atomic E-state index is 10.6. The Labute approximate surface area is 283 Å². The molecule has 6 heteroatoms. The second kappa shape index (κ2) is 15.8. The van der Waals surface area contributed by atoms with Crippen LogP contribution >= 0.6 is 0 Å². The maximum Gasteiger partial charge on any atom is 0.160 e. The van der Waals surface area contributed by atoms with Crippen LogP contribution in [-0.2, 0) is 14.2 Å². The number of aliphatic hydroxyl groups is 1. The molecule has 46 heavy (non-hydrogen) atoms. The summed E-state index contributed by atoms with van der Waals surface area (Å²) in [5, 5.41) is 13.8. The molecule has 0 spiro atoms. The fourth-order valence-electron chi connectivity index (χ4n) is 12.1. The van der Waals surface area contributed by atoms with E-state index in [1.165, 1.54) is 64.3 Å². The summed E-state index contributed by atoms with van der Waals surface area (Å²) in [6, 6.07) is 0. The van der Waals surface area contributed by atoms with Gasteiger partial charge in [-0.15, -0.1) is 0 Å². The molecule has 14 unspecified atom stereocenters. The molecule has 5 fully saturated rings. The van der Waals surface area contributed by atoms with Crippen molar-refractivity contribution < 1.29 is 19.3 Å². The molecular formula is C40H74N2O4. The lowest BCUT2D eigenvalue weighted by Crippen LogP contribution is -2.54. The molecule has 0 aromatic heterocycles. The number of hydrogen-bond acceptors (Lipinski definition) is 6. The molecule has 268 valence electrons. The molecule has 0 radical (unpaired) electrons. The van der Waals surface area contributed by atoms with Crippen molar-refractivity contribution in [2.24, 2.45) is 58.2 Å². The molecule has 0 aromatic rings. The summed E-state index contributed by atoms with van der Waals surface area (Å²) >= 11 is 0. The number of fused-ring (bicyclic) bond motifs is 5.